The molecule has 1 heterocycles. The summed E-state index contributed by atoms with van der Waals surface area (Å²) in [6, 6.07) is 0. The minimum absolute atomic E-state index is 0.257. The van der Waals surface area contributed by atoms with Crippen LogP contribution in [0.3, 0.4) is 0 Å². The van der Waals surface area contributed by atoms with Gasteiger partial charge >= 0.3 is 5.97 Å². The molecule has 1 aromatic rings. The molecular weight excluding hydrogens is 172 g/mol. The van der Waals surface area contributed by atoms with Crippen LogP contribution >= 0.6 is 23.8 Å². The molecule has 10 heavy (non-hydrogen) atoms. The normalized spacial score (nSPS) is 9.30. The van der Waals surface area contributed by atoms with E-state index < -0.39 is 5.97 Å². The second kappa shape index (κ2) is 2.89. The number of hydrogen-bond acceptors (Lipinski definition) is 5. The van der Waals surface area contributed by atoms with Gasteiger partial charge in [0.1, 0.15) is 0 Å². The van der Waals surface area contributed by atoms with Crippen LogP contribution in [0.25, 0.3) is 0 Å². The minimum atomic E-state index is -0.461. The lowest BCUT2D eigenvalue weighted by Crippen LogP contribution is -1.99. The number of rotatable bonds is 1. The van der Waals surface area contributed by atoms with Crippen molar-refractivity contribution >= 4 is 29.7 Å². The Bertz CT molecular complexity index is 289. The molecule has 0 spiro atoms. The highest BCUT2D eigenvalue weighted by Crippen LogP contribution is 2.01. The number of methoxy groups -OCH3 is 1. The van der Waals surface area contributed by atoms with Gasteiger partial charge in [-0.3, -0.25) is 4.37 Å². The Morgan fingerprint density at radius 2 is 2.60 bits per heavy atom. The van der Waals surface area contributed by atoms with Gasteiger partial charge in [-0.05, 0) is 23.8 Å². The van der Waals surface area contributed by atoms with E-state index in [1.54, 1.807) is 0 Å². The number of aromatic amines is 1. The maximum atomic E-state index is 10.7. The maximum Gasteiger partial charge on any atom is 0.368 e. The van der Waals surface area contributed by atoms with Crippen molar-refractivity contribution in [2.24, 2.45) is 0 Å². The number of nitrogens with one attached hydrogen (secondary N) is 1. The molecule has 0 atom stereocenters. The fraction of sp³-hybridized carbons (Fsp3) is 0.250. The first-order chi connectivity index (χ1) is 4.74. The standard InChI is InChI=1S/C4H4N2O2S2/c1-8-3(7)2-5-4(9)6-10-2/h1H3,(H,6,9). The summed E-state index contributed by atoms with van der Waals surface area (Å²) in [6.07, 6.45) is 0. The number of carbonyl (C=O) groups excluding carboxylic acids is 1. The van der Waals surface area contributed by atoms with Crippen LogP contribution in [0.15, 0.2) is 0 Å². The molecule has 4 nitrogen and oxygen atoms in total. The Morgan fingerprint density at radius 3 is 3.00 bits per heavy atom. The summed E-state index contributed by atoms with van der Waals surface area (Å²) in [5.41, 5.74) is 0. The fourth-order valence-electron chi connectivity index (χ4n) is 0.404. The lowest BCUT2D eigenvalue weighted by molar-refractivity contribution is 0.0600. The van der Waals surface area contributed by atoms with E-state index in [-0.39, 0.29) is 5.01 Å². The van der Waals surface area contributed by atoms with Crippen LogP contribution in [0.5, 0.6) is 0 Å². The molecule has 0 saturated carbocycles. The predicted molar refractivity (Wildman–Crippen MR) is 38.6 cm³/mol. The summed E-state index contributed by atoms with van der Waals surface area (Å²) >= 11 is 5.70. The molecule has 1 rings (SSSR count). The van der Waals surface area contributed by atoms with E-state index in [0.29, 0.717) is 4.77 Å². The van der Waals surface area contributed by atoms with Crippen LogP contribution in [-0.2, 0) is 4.74 Å². The van der Waals surface area contributed by atoms with Gasteiger partial charge in [0.15, 0.2) is 0 Å². The SMILES string of the molecule is COC(=O)c1nc(=S)[nH]s1. The Kier molecular flexibility index (Phi) is 2.13. The minimum Gasteiger partial charge on any atom is -0.464 e. The molecule has 0 saturated heterocycles. The van der Waals surface area contributed by atoms with E-state index >= 15 is 0 Å². The van der Waals surface area contributed by atoms with Gasteiger partial charge in [0.05, 0.1) is 7.11 Å². The quantitative estimate of drug-likeness (QED) is 0.512. The average molecular weight is 176 g/mol. The molecule has 0 aliphatic carbocycles. The summed E-state index contributed by atoms with van der Waals surface area (Å²) < 4.78 is 7.33. The van der Waals surface area contributed by atoms with Gasteiger partial charge in [-0.15, -0.1) is 0 Å². The Hall–Kier alpha value is -0.750. The number of esters is 1. The van der Waals surface area contributed by atoms with Gasteiger partial charge in [0, 0.05) is 0 Å². The maximum absolute atomic E-state index is 10.7. The molecule has 0 radical (unpaired) electrons. The zero-order chi connectivity index (χ0) is 7.56. The molecule has 0 aromatic carbocycles. The number of carbonyl (C=O) groups is 1. The molecule has 0 aliphatic rings. The molecule has 0 amide bonds. The molecule has 1 N–H and O–H groups in total. The molecule has 6 heteroatoms. The smallest absolute Gasteiger partial charge is 0.368 e. The molecular formula is C4H4N2O2S2. The molecule has 0 bridgehead atoms. The Labute approximate surface area is 66.0 Å². The van der Waals surface area contributed by atoms with Crippen LogP contribution < -0.4 is 0 Å². The summed E-state index contributed by atoms with van der Waals surface area (Å²) in [6.45, 7) is 0. The monoisotopic (exact) mass is 176 g/mol. The topological polar surface area (TPSA) is 55.0 Å². The van der Waals surface area contributed by atoms with Crippen molar-refractivity contribution in [3.8, 4) is 0 Å². The van der Waals surface area contributed by atoms with Gasteiger partial charge in [-0.2, -0.15) is 0 Å². The van der Waals surface area contributed by atoms with Crippen LogP contribution in [0.4, 0.5) is 0 Å². The fourth-order valence-corrected chi connectivity index (χ4v) is 1.21. The highest BCUT2D eigenvalue weighted by molar-refractivity contribution is 7.71. The Morgan fingerprint density at radius 1 is 1.90 bits per heavy atom. The molecule has 0 fully saturated rings. The second-order valence-corrected chi connectivity index (χ2v) is 2.60. The first-order valence-electron chi connectivity index (χ1n) is 2.38. The van der Waals surface area contributed by atoms with Crippen molar-refractivity contribution in [3.05, 3.63) is 9.78 Å². The van der Waals surface area contributed by atoms with Gasteiger partial charge in [0.2, 0.25) is 9.78 Å². The van der Waals surface area contributed by atoms with Gasteiger partial charge in [-0.25, -0.2) is 9.78 Å². The van der Waals surface area contributed by atoms with Crippen LogP contribution in [-0.4, -0.2) is 22.4 Å². The second-order valence-electron chi connectivity index (χ2n) is 1.42. The van der Waals surface area contributed by atoms with Crippen molar-refractivity contribution in [3.63, 3.8) is 0 Å². The van der Waals surface area contributed by atoms with Crippen molar-refractivity contribution in [2.45, 2.75) is 0 Å². The van der Waals surface area contributed by atoms with Gasteiger partial charge in [0.25, 0.3) is 0 Å². The van der Waals surface area contributed by atoms with Gasteiger partial charge in [-0.1, -0.05) is 0 Å². The van der Waals surface area contributed by atoms with Gasteiger partial charge < -0.3 is 4.74 Å². The van der Waals surface area contributed by atoms with Crippen molar-refractivity contribution in [1.29, 1.82) is 0 Å². The molecule has 54 valence electrons. The van der Waals surface area contributed by atoms with E-state index in [1.807, 2.05) is 0 Å². The zero-order valence-corrected chi connectivity index (χ0v) is 6.71. The predicted octanol–water partition coefficient (Wildman–Crippen LogP) is 0.987. The first-order valence-corrected chi connectivity index (χ1v) is 3.60. The number of hydrogen-bond donors (Lipinski definition) is 1. The van der Waals surface area contributed by atoms with Crippen molar-refractivity contribution in [1.82, 2.24) is 9.36 Å². The van der Waals surface area contributed by atoms with Crippen LogP contribution in [0.1, 0.15) is 9.80 Å². The number of nitrogens with zero attached hydrogens (tertiary/aromatic N) is 1. The molecule has 0 unspecified atom stereocenters. The highest BCUT2D eigenvalue weighted by Gasteiger charge is 2.07. The summed E-state index contributed by atoms with van der Waals surface area (Å²) in [5, 5.41) is 0.257. The van der Waals surface area contributed by atoms with E-state index in [2.05, 4.69) is 26.3 Å². The zero-order valence-electron chi connectivity index (χ0n) is 5.08. The van der Waals surface area contributed by atoms with Crippen molar-refractivity contribution < 1.29 is 9.53 Å². The third kappa shape index (κ3) is 1.39. The number of aromatic nitrogens is 2. The summed E-state index contributed by atoms with van der Waals surface area (Å²) in [7, 11) is 1.30. The van der Waals surface area contributed by atoms with E-state index in [0.717, 1.165) is 11.5 Å². The summed E-state index contributed by atoms with van der Waals surface area (Å²) in [4.78, 5) is 14.4. The highest BCUT2D eigenvalue weighted by atomic mass is 32.1. The first kappa shape index (κ1) is 7.36. The van der Waals surface area contributed by atoms with E-state index in [1.165, 1.54) is 7.11 Å². The van der Waals surface area contributed by atoms with E-state index in [9.17, 15) is 4.79 Å². The lowest BCUT2D eigenvalue weighted by atomic mass is 10.7. The molecule has 0 aliphatic heterocycles. The van der Waals surface area contributed by atoms with E-state index in [4.69, 9.17) is 0 Å². The summed E-state index contributed by atoms with van der Waals surface area (Å²) in [5.74, 6) is -0.461. The third-order valence-corrected chi connectivity index (χ3v) is 1.87. The third-order valence-electron chi connectivity index (χ3n) is 0.798. The number of H-pyrrole nitrogens is 1. The average Bonchev–Trinajstić information content (AvgIpc) is 2.34. The largest absolute Gasteiger partial charge is 0.464 e. The van der Waals surface area contributed by atoms with Crippen LogP contribution in [0, 0.1) is 4.77 Å². The lowest BCUT2D eigenvalue weighted by Gasteiger charge is -1.88. The number of ether oxygens (including phenoxy) is 1. The Balaban J connectivity index is 2.95. The van der Waals surface area contributed by atoms with Crippen molar-refractivity contribution in [2.75, 3.05) is 7.11 Å². The molecule has 1 aromatic heterocycles. The van der Waals surface area contributed by atoms with Crippen LogP contribution in [0.2, 0.25) is 0 Å².